The zero-order valence-electron chi connectivity index (χ0n) is 10.9. The molecular formula is C14H17ClN2O2. The van der Waals surface area contributed by atoms with E-state index < -0.39 is 0 Å². The summed E-state index contributed by atoms with van der Waals surface area (Å²) < 4.78 is 13.2. The molecule has 0 atom stereocenters. The predicted molar refractivity (Wildman–Crippen MR) is 74.9 cm³/mol. The average Bonchev–Trinajstić information content (AvgIpc) is 2.89. The molecule has 1 aromatic carbocycles. The quantitative estimate of drug-likeness (QED) is 0.731. The summed E-state index contributed by atoms with van der Waals surface area (Å²) in [6.07, 6.45) is 3.68. The molecule has 0 spiro atoms. The van der Waals surface area contributed by atoms with Gasteiger partial charge in [-0.3, -0.25) is 0 Å². The molecule has 102 valence electrons. The van der Waals surface area contributed by atoms with Crippen molar-refractivity contribution in [3.8, 4) is 11.5 Å². The Balaban J connectivity index is 1.88. The van der Waals surface area contributed by atoms with Gasteiger partial charge in [-0.05, 0) is 19.1 Å². The minimum absolute atomic E-state index is 0.432. The number of hydrogen-bond donors (Lipinski definition) is 0. The molecule has 0 N–H and O–H groups in total. The predicted octanol–water partition coefficient (Wildman–Crippen LogP) is 3.10. The normalized spacial score (nSPS) is 10.4. The third-order valence-electron chi connectivity index (χ3n) is 2.58. The zero-order chi connectivity index (χ0) is 13.5. The van der Waals surface area contributed by atoms with E-state index >= 15 is 0 Å². The van der Waals surface area contributed by atoms with E-state index in [-0.39, 0.29) is 0 Å². The van der Waals surface area contributed by atoms with E-state index in [9.17, 15) is 0 Å². The highest BCUT2D eigenvalue weighted by molar-refractivity contribution is 6.16. The smallest absolute Gasteiger partial charge is 0.161 e. The van der Waals surface area contributed by atoms with E-state index in [2.05, 4.69) is 4.98 Å². The molecule has 0 fully saturated rings. The van der Waals surface area contributed by atoms with Gasteiger partial charge in [0.2, 0.25) is 0 Å². The largest absolute Gasteiger partial charge is 0.490 e. The third kappa shape index (κ3) is 3.89. The van der Waals surface area contributed by atoms with Gasteiger partial charge in [-0.2, -0.15) is 0 Å². The van der Waals surface area contributed by atoms with Gasteiger partial charge in [-0.15, -0.1) is 11.6 Å². The van der Waals surface area contributed by atoms with Crippen LogP contribution in [0.1, 0.15) is 12.6 Å². The number of alkyl halides is 1. The van der Waals surface area contributed by atoms with E-state index in [1.807, 2.05) is 42.0 Å². The Morgan fingerprint density at radius 2 is 1.95 bits per heavy atom. The molecule has 0 amide bonds. The number of rotatable bonds is 7. The molecule has 1 aromatic heterocycles. The maximum atomic E-state index is 5.73. The Morgan fingerprint density at radius 3 is 2.58 bits per heavy atom. The lowest BCUT2D eigenvalue weighted by atomic mass is 10.3. The highest BCUT2D eigenvalue weighted by Gasteiger charge is 2.03. The zero-order valence-corrected chi connectivity index (χ0v) is 11.6. The molecule has 0 saturated carbocycles. The van der Waals surface area contributed by atoms with Crippen molar-refractivity contribution < 1.29 is 9.47 Å². The van der Waals surface area contributed by atoms with Crippen LogP contribution in [-0.2, 0) is 12.4 Å². The molecule has 5 heteroatoms. The lowest BCUT2D eigenvalue weighted by Gasteiger charge is -2.11. The Kier molecular flexibility index (Phi) is 5.10. The molecule has 0 aliphatic heterocycles. The van der Waals surface area contributed by atoms with E-state index in [0.29, 0.717) is 19.1 Å². The number of benzene rings is 1. The van der Waals surface area contributed by atoms with Gasteiger partial charge in [0.05, 0.1) is 31.1 Å². The molecule has 4 nitrogen and oxygen atoms in total. The van der Waals surface area contributed by atoms with Crippen molar-refractivity contribution in [1.29, 1.82) is 0 Å². The highest BCUT2D eigenvalue weighted by atomic mass is 35.5. The third-order valence-corrected chi connectivity index (χ3v) is 2.85. The Morgan fingerprint density at radius 1 is 1.21 bits per heavy atom. The van der Waals surface area contributed by atoms with Crippen LogP contribution in [-0.4, -0.2) is 22.8 Å². The molecule has 0 aliphatic rings. The standard InChI is InChI=1S/C14H17ClN2O2/c1-2-18-13-5-3-4-6-14(13)19-8-7-17-10-12(9-15)16-11-17/h3-6,10-11H,2,7-9H2,1H3. The van der Waals surface area contributed by atoms with Crippen molar-refractivity contribution in [2.24, 2.45) is 0 Å². The first-order valence-electron chi connectivity index (χ1n) is 6.24. The van der Waals surface area contributed by atoms with Crippen LogP contribution in [0.4, 0.5) is 0 Å². The minimum Gasteiger partial charge on any atom is -0.490 e. The molecule has 2 rings (SSSR count). The first kappa shape index (κ1) is 13.7. The molecule has 19 heavy (non-hydrogen) atoms. The lowest BCUT2D eigenvalue weighted by molar-refractivity contribution is 0.266. The molecule has 2 aromatic rings. The molecule has 0 bridgehead atoms. The number of ether oxygens (including phenoxy) is 2. The summed E-state index contributed by atoms with van der Waals surface area (Å²) in [7, 11) is 0. The van der Waals surface area contributed by atoms with E-state index in [1.165, 1.54) is 0 Å². The second-order valence-corrected chi connectivity index (χ2v) is 4.23. The van der Waals surface area contributed by atoms with E-state index in [0.717, 1.165) is 23.7 Å². The van der Waals surface area contributed by atoms with Gasteiger partial charge in [-0.1, -0.05) is 12.1 Å². The number of para-hydroxylation sites is 2. The lowest BCUT2D eigenvalue weighted by Crippen LogP contribution is -2.07. The summed E-state index contributed by atoms with van der Waals surface area (Å²) in [5.41, 5.74) is 0.872. The second kappa shape index (κ2) is 7.04. The van der Waals surface area contributed by atoms with E-state index in [1.54, 1.807) is 6.33 Å². The van der Waals surface area contributed by atoms with Gasteiger partial charge in [0.15, 0.2) is 11.5 Å². The maximum Gasteiger partial charge on any atom is 0.161 e. The van der Waals surface area contributed by atoms with Crippen LogP contribution in [0.3, 0.4) is 0 Å². The first-order chi connectivity index (χ1) is 9.33. The Hall–Kier alpha value is -1.68. The molecule has 0 radical (unpaired) electrons. The summed E-state index contributed by atoms with van der Waals surface area (Å²) in [5.74, 6) is 1.97. The number of nitrogens with zero attached hydrogens (tertiary/aromatic N) is 2. The molecule has 1 heterocycles. The summed E-state index contributed by atoms with van der Waals surface area (Å²) in [6, 6.07) is 7.67. The Bertz CT molecular complexity index is 514. The number of aromatic nitrogens is 2. The topological polar surface area (TPSA) is 36.3 Å². The average molecular weight is 281 g/mol. The van der Waals surface area contributed by atoms with Crippen molar-refractivity contribution in [2.45, 2.75) is 19.3 Å². The molecule has 0 saturated heterocycles. The number of imidazole rings is 1. The highest BCUT2D eigenvalue weighted by Crippen LogP contribution is 2.26. The van der Waals surface area contributed by atoms with Crippen molar-refractivity contribution in [3.63, 3.8) is 0 Å². The van der Waals surface area contributed by atoms with Crippen molar-refractivity contribution in [2.75, 3.05) is 13.2 Å². The molecule has 0 unspecified atom stereocenters. The summed E-state index contributed by atoms with van der Waals surface area (Å²) in [6.45, 7) is 3.86. The van der Waals surface area contributed by atoms with Crippen molar-refractivity contribution in [3.05, 3.63) is 42.5 Å². The van der Waals surface area contributed by atoms with Gasteiger partial charge < -0.3 is 14.0 Å². The van der Waals surface area contributed by atoms with Gasteiger partial charge >= 0.3 is 0 Å². The van der Waals surface area contributed by atoms with Gasteiger partial charge in [0.25, 0.3) is 0 Å². The van der Waals surface area contributed by atoms with E-state index in [4.69, 9.17) is 21.1 Å². The summed E-state index contributed by atoms with van der Waals surface area (Å²) in [5, 5.41) is 0. The van der Waals surface area contributed by atoms with Gasteiger partial charge in [-0.25, -0.2) is 4.98 Å². The fourth-order valence-corrected chi connectivity index (χ4v) is 1.84. The molecule has 0 aliphatic carbocycles. The van der Waals surface area contributed by atoms with Gasteiger partial charge in [0, 0.05) is 6.20 Å². The van der Waals surface area contributed by atoms with Crippen LogP contribution in [0.15, 0.2) is 36.8 Å². The Labute approximate surface area is 117 Å². The summed E-state index contributed by atoms with van der Waals surface area (Å²) in [4.78, 5) is 4.16. The van der Waals surface area contributed by atoms with Crippen LogP contribution in [0.25, 0.3) is 0 Å². The summed E-state index contributed by atoms with van der Waals surface area (Å²) >= 11 is 5.70. The maximum absolute atomic E-state index is 5.73. The van der Waals surface area contributed by atoms with Gasteiger partial charge in [0.1, 0.15) is 6.61 Å². The fourth-order valence-electron chi connectivity index (χ4n) is 1.70. The van der Waals surface area contributed by atoms with Crippen LogP contribution in [0, 0.1) is 0 Å². The monoisotopic (exact) mass is 280 g/mol. The van der Waals surface area contributed by atoms with Crippen LogP contribution < -0.4 is 9.47 Å². The van der Waals surface area contributed by atoms with Crippen LogP contribution in [0.2, 0.25) is 0 Å². The van der Waals surface area contributed by atoms with Crippen molar-refractivity contribution >= 4 is 11.6 Å². The van der Waals surface area contributed by atoms with Crippen LogP contribution >= 0.6 is 11.6 Å². The SMILES string of the molecule is CCOc1ccccc1OCCn1cnc(CCl)c1. The minimum atomic E-state index is 0.432. The first-order valence-corrected chi connectivity index (χ1v) is 6.78. The fraction of sp³-hybridized carbons (Fsp3) is 0.357. The number of hydrogen-bond acceptors (Lipinski definition) is 3. The van der Waals surface area contributed by atoms with Crippen molar-refractivity contribution in [1.82, 2.24) is 9.55 Å². The number of halogens is 1. The second-order valence-electron chi connectivity index (χ2n) is 3.96. The molecular weight excluding hydrogens is 264 g/mol. The van der Waals surface area contributed by atoms with Crippen LogP contribution in [0.5, 0.6) is 11.5 Å².